The molecule has 0 bridgehead atoms. The van der Waals surface area contributed by atoms with Gasteiger partial charge in [-0.1, -0.05) is 37.5 Å². The van der Waals surface area contributed by atoms with Crippen LogP contribution in [0.4, 0.5) is 17.2 Å². The molecule has 1 unspecified atom stereocenters. The second-order valence-corrected chi connectivity index (χ2v) is 7.28. The molecule has 27 heavy (non-hydrogen) atoms. The van der Waals surface area contributed by atoms with Gasteiger partial charge in [0.05, 0.1) is 16.7 Å². The van der Waals surface area contributed by atoms with E-state index in [1.165, 1.54) is 38.2 Å². The Kier molecular flexibility index (Phi) is 5.20. The van der Waals surface area contributed by atoms with Crippen LogP contribution in [0.1, 0.15) is 38.1 Å². The van der Waals surface area contributed by atoms with Crippen LogP contribution in [0.15, 0.2) is 47.5 Å². The molecule has 7 nitrogen and oxygen atoms in total. The van der Waals surface area contributed by atoms with Gasteiger partial charge in [0.15, 0.2) is 5.82 Å². The quantitative estimate of drug-likeness (QED) is 0.625. The zero-order chi connectivity index (χ0) is 18.6. The van der Waals surface area contributed by atoms with Crippen LogP contribution in [-0.4, -0.2) is 28.6 Å². The second kappa shape index (κ2) is 7.92. The minimum Gasteiger partial charge on any atom is -0.364 e. The minimum atomic E-state index is -0.331. The van der Waals surface area contributed by atoms with Crippen LogP contribution < -0.4 is 16.1 Å². The lowest BCUT2D eigenvalue weighted by atomic mass is 9.95. The molecule has 2 aliphatic rings. The predicted molar refractivity (Wildman–Crippen MR) is 105 cm³/mol. The van der Waals surface area contributed by atoms with E-state index in [-0.39, 0.29) is 16.7 Å². The first-order chi connectivity index (χ1) is 13.2. The van der Waals surface area contributed by atoms with E-state index in [0.29, 0.717) is 18.4 Å². The number of rotatable bonds is 5. The fraction of sp³-hybridized carbons (Fsp3) is 0.450. The van der Waals surface area contributed by atoms with Gasteiger partial charge in [0.1, 0.15) is 5.49 Å². The summed E-state index contributed by atoms with van der Waals surface area (Å²) in [6.45, 7) is 1.45. The molecule has 0 spiro atoms. The first-order valence-electron chi connectivity index (χ1n) is 9.69. The topological polar surface area (TPSA) is 84.5 Å². The van der Waals surface area contributed by atoms with Gasteiger partial charge in [-0.15, -0.1) is 0 Å². The average Bonchev–Trinajstić information content (AvgIpc) is 3.12. The van der Waals surface area contributed by atoms with Gasteiger partial charge in [0.25, 0.3) is 0 Å². The summed E-state index contributed by atoms with van der Waals surface area (Å²) in [6, 6.07) is 13.6. The number of hydrogen-bond acceptors (Lipinski definition) is 5. The molecule has 1 aromatic carbocycles. The molecule has 142 valence electrons. The lowest BCUT2D eigenvalue weighted by Crippen LogP contribution is -2.37. The molecule has 0 radical (unpaired) electrons. The third-order valence-electron chi connectivity index (χ3n) is 5.43. The van der Waals surface area contributed by atoms with Crippen LogP contribution in [0, 0.1) is 10.1 Å². The van der Waals surface area contributed by atoms with E-state index in [0.717, 1.165) is 17.7 Å². The number of fused-ring (bicyclic) bond motifs is 1. The van der Waals surface area contributed by atoms with Gasteiger partial charge in [-0.2, -0.15) is 0 Å². The first kappa shape index (κ1) is 17.7. The molecule has 1 aliphatic heterocycles. The summed E-state index contributed by atoms with van der Waals surface area (Å²) in [5.74, 6) is 0.549. The van der Waals surface area contributed by atoms with Crippen molar-refractivity contribution in [1.82, 2.24) is 9.88 Å². The van der Waals surface area contributed by atoms with Crippen LogP contribution in [0.25, 0.3) is 0 Å². The second-order valence-electron chi connectivity index (χ2n) is 7.28. The largest absolute Gasteiger partial charge is 0.364 e. The third kappa shape index (κ3) is 3.88. The maximum atomic E-state index is 11.4. The average molecular weight is 367 g/mol. The maximum Gasteiger partial charge on any atom is 0.309 e. The highest BCUT2D eigenvalue weighted by Gasteiger charge is 2.29. The van der Waals surface area contributed by atoms with Crippen LogP contribution in [0.2, 0.25) is 0 Å². The summed E-state index contributed by atoms with van der Waals surface area (Å²) in [6.07, 6.45) is 6.32. The Morgan fingerprint density at radius 3 is 2.67 bits per heavy atom. The number of aromatic nitrogens is 1. The number of hydrogen-bond donors (Lipinski definition) is 2. The zero-order valence-electron chi connectivity index (χ0n) is 15.3. The molecule has 1 saturated carbocycles. The van der Waals surface area contributed by atoms with Gasteiger partial charge in [0, 0.05) is 25.2 Å². The highest BCUT2D eigenvalue weighted by Crippen LogP contribution is 2.30. The summed E-state index contributed by atoms with van der Waals surface area (Å²) < 4.78 is 1.99. The predicted octanol–water partition coefficient (Wildman–Crippen LogP) is 3.52. The highest BCUT2D eigenvalue weighted by atomic mass is 16.6. The van der Waals surface area contributed by atoms with Gasteiger partial charge < -0.3 is 15.2 Å². The molecule has 1 fully saturated rings. The number of nitrogens with zero attached hydrogens (tertiary/aromatic N) is 3. The normalized spacial score (nSPS) is 20.3. The van der Waals surface area contributed by atoms with Gasteiger partial charge in [-0.25, -0.2) is 4.99 Å². The number of benzene rings is 1. The Morgan fingerprint density at radius 1 is 1.15 bits per heavy atom. The number of anilines is 1. The smallest absolute Gasteiger partial charge is 0.309 e. The first-order valence-corrected chi connectivity index (χ1v) is 9.69. The zero-order valence-corrected chi connectivity index (χ0v) is 15.3. The van der Waals surface area contributed by atoms with E-state index >= 15 is 0 Å². The molecule has 4 rings (SSSR count). The molecule has 0 amide bonds. The molecule has 1 aromatic heterocycles. The fourth-order valence-electron chi connectivity index (χ4n) is 4.05. The monoisotopic (exact) mass is 367 g/mol. The molecule has 0 saturated heterocycles. The van der Waals surface area contributed by atoms with E-state index < -0.39 is 0 Å². The van der Waals surface area contributed by atoms with Gasteiger partial charge in [-0.3, -0.25) is 10.1 Å². The molecule has 1 aliphatic carbocycles. The fourth-order valence-corrected chi connectivity index (χ4v) is 4.05. The van der Waals surface area contributed by atoms with Crippen molar-refractivity contribution in [3.63, 3.8) is 0 Å². The molecule has 2 heterocycles. The Balaban J connectivity index is 1.66. The van der Waals surface area contributed by atoms with Crippen molar-refractivity contribution in [2.75, 3.05) is 18.4 Å². The van der Waals surface area contributed by atoms with Crippen molar-refractivity contribution in [3.8, 4) is 0 Å². The number of para-hydroxylation sites is 1. The van der Waals surface area contributed by atoms with E-state index in [1.807, 2.05) is 34.9 Å². The van der Waals surface area contributed by atoms with Crippen molar-refractivity contribution in [3.05, 3.63) is 58.1 Å². The Morgan fingerprint density at radius 2 is 1.93 bits per heavy atom. The van der Waals surface area contributed by atoms with E-state index in [1.54, 1.807) is 6.07 Å². The van der Waals surface area contributed by atoms with Gasteiger partial charge in [0.2, 0.25) is 0 Å². The van der Waals surface area contributed by atoms with E-state index in [2.05, 4.69) is 10.6 Å². The van der Waals surface area contributed by atoms with E-state index in [4.69, 9.17) is 4.99 Å². The molecular weight excluding hydrogens is 342 g/mol. The van der Waals surface area contributed by atoms with Crippen LogP contribution in [-0.2, 0) is 0 Å². The molecule has 2 aromatic rings. The van der Waals surface area contributed by atoms with Crippen molar-refractivity contribution in [2.24, 2.45) is 4.99 Å². The summed E-state index contributed by atoms with van der Waals surface area (Å²) in [4.78, 5) is 15.8. The summed E-state index contributed by atoms with van der Waals surface area (Å²) in [5, 5.41) is 18.4. The van der Waals surface area contributed by atoms with Crippen LogP contribution in [0.3, 0.4) is 0 Å². The van der Waals surface area contributed by atoms with Crippen molar-refractivity contribution < 1.29 is 4.92 Å². The van der Waals surface area contributed by atoms with Crippen molar-refractivity contribution >= 4 is 17.2 Å². The molecule has 1 atom stereocenters. The number of nitrogens with one attached hydrogen (secondary N) is 2. The Bertz CT molecular complexity index is 872. The minimum absolute atomic E-state index is 0.0992. The van der Waals surface area contributed by atoms with Gasteiger partial charge >= 0.3 is 5.69 Å². The van der Waals surface area contributed by atoms with Gasteiger partial charge in [-0.05, 0) is 31.0 Å². The third-order valence-corrected chi connectivity index (χ3v) is 5.43. The van der Waals surface area contributed by atoms with Crippen LogP contribution >= 0.6 is 0 Å². The number of nitro groups is 1. The summed E-state index contributed by atoms with van der Waals surface area (Å²) in [5.41, 5.74) is 1.68. The lowest BCUT2D eigenvalue weighted by Gasteiger charge is -2.25. The molecular formula is C20H25N5O2. The number of pyridine rings is 1. The lowest BCUT2D eigenvalue weighted by molar-refractivity contribution is -0.384. The molecule has 7 heteroatoms. The maximum absolute atomic E-state index is 11.4. The SMILES string of the molecule is O=[N+]([O-])c1ccc(=Nc2ccccc2)n2c1NCC2CNC1CCCCC1. The van der Waals surface area contributed by atoms with Crippen LogP contribution in [0.5, 0.6) is 0 Å². The highest BCUT2D eigenvalue weighted by molar-refractivity contribution is 5.59. The summed E-state index contributed by atoms with van der Waals surface area (Å²) in [7, 11) is 0. The standard InChI is InChI=1S/C20H25N5O2/c26-25(27)18-11-12-19(23-16-9-5-2-6-10-16)24-17(14-22-20(18)24)13-21-15-7-3-1-4-8-15/h2,5-6,9-12,15,17,21-22H,1,3-4,7-8,13-14H2. The van der Waals surface area contributed by atoms with E-state index in [9.17, 15) is 10.1 Å². The Labute approximate surface area is 158 Å². The van der Waals surface area contributed by atoms with Crippen molar-refractivity contribution in [2.45, 2.75) is 44.2 Å². The summed E-state index contributed by atoms with van der Waals surface area (Å²) >= 11 is 0. The van der Waals surface area contributed by atoms with Crippen molar-refractivity contribution in [1.29, 1.82) is 0 Å². The molecule has 2 N–H and O–H groups in total. The Hall–Kier alpha value is -2.67.